The van der Waals surface area contributed by atoms with Crippen molar-refractivity contribution in [2.45, 2.75) is 16.7 Å². The van der Waals surface area contributed by atoms with E-state index in [9.17, 15) is 16.8 Å². The lowest BCUT2D eigenvalue weighted by Gasteiger charge is -2.14. The number of primary sulfonamides is 2. The van der Waals surface area contributed by atoms with Gasteiger partial charge in [-0.2, -0.15) is 0 Å². The minimum atomic E-state index is -4.18. The highest BCUT2D eigenvalue weighted by molar-refractivity contribution is 7.89. The first-order valence-electron chi connectivity index (χ1n) is 7.29. The quantitative estimate of drug-likeness (QED) is 0.680. The van der Waals surface area contributed by atoms with E-state index in [1.807, 2.05) is 0 Å². The normalized spacial score (nSPS) is 12.3. The maximum absolute atomic E-state index is 12.4. The van der Waals surface area contributed by atoms with Crippen LogP contribution in [0.4, 0.5) is 0 Å². The van der Waals surface area contributed by atoms with Crippen LogP contribution in [0.1, 0.15) is 5.01 Å². The third-order valence-electron chi connectivity index (χ3n) is 3.68. The molecule has 1 aromatic heterocycles. The van der Waals surface area contributed by atoms with Gasteiger partial charge in [0.1, 0.15) is 0 Å². The van der Waals surface area contributed by atoms with E-state index < -0.39 is 20.0 Å². The van der Waals surface area contributed by atoms with Crippen LogP contribution in [0.3, 0.4) is 0 Å². The SMILES string of the molecule is Cc1nc(-c2cccc(-c3ccccc3S(N)(=O)=O)c2S(N)(=O)=O)cs1. The zero-order valence-electron chi connectivity index (χ0n) is 13.6. The van der Waals surface area contributed by atoms with Crippen LogP contribution in [0.25, 0.3) is 22.4 Å². The fourth-order valence-electron chi connectivity index (χ4n) is 2.68. The third-order valence-corrected chi connectivity index (χ3v) is 6.43. The number of rotatable bonds is 4. The van der Waals surface area contributed by atoms with Crippen LogP contribution in [-0.2, 0) is 20.0 Å². The Balaban J connectivity index is 2.42. The fourth-order valence-corrected chi connectivity index (χ4v) is 5.01. The molecule has 26 heavy (non-hydrogen) atoms. The van der Waals surface area contributed by atoms with Crippen molar-refractivity contribution in [1.82, 2.24) is 4.98 Å². The second-order valence-corrected chi connectivity index (χ2v) is 9.61. The van der Waals surface area contributed by atoms with Gasteiger partial charge in [0.25, 0.3) is 0 Å². The Labute approximate surface area is 155 Å². The molecule has 0 atom stereocenters. The van der Waals surface area contributed by atoms with Gasteiger partial charge in [0.15, 0.2) is 0 Å². The van der Waals surface area contributed by atoms with Crippen LogP contribution in [0.5, 0.6) is 0 Å². The minimum Gasteiger partial charge on any atom is -0.241 e. The smallest absolute Gasteiger partial charge is 0.239 e. The van der Waals surface area contributed by atoms with E-state index in [2.05, 4.69) is 4.98 Å². The number of hydrogen-bond acceptors (Lipinski definition) is 6. The standard InChI is InChI=1S/C16H15N3O4S3/c1-10-19-14(9-24-10)13-7-4-6-12(16(13)26(18,22)23)11-5-2-3-8-15(11)25(17,20)21/h2-9H,1H3,(H2,17,20,21)(H2,18,22,23). The van der Waals surface area contributed by atoms with Crippen molar-refractivity contribution in [3.8, 4) is 22.4 Å². The van der Waals surface area contributed by atoms with Gasteiger partial charge in [-0.15, -0.1) is 11.3 Å². The fraction of sp³-hybridized carbons (Fsp3) is 0.0625. The summed E-state index contributed by atoms with van der Waals surface area (Å²) >= 11 is 1.37. The monoisotopic (exact) mass is 409 g/mol. The van der Waals surface area contributed by atoms with Gasteiger partial charge in [0.2, 0.25) is 20.0 Å². The molecular formula is C16H15N3O4S3. The van der Waals surface area contributed by atoms with Crippen molar-refractivity contribution in [3.63, 3.8) is 0 Å². The summed E-state index contributed by atoms with van der Waals surface area (Å²) in [5.74, 6) is 0. The average molecular weight is 410 g/mol. The summed E-state index contributed by atoms with van der Waals surface area (Å²) in [6.45, 7) is 1.80. The van der Waals surface area contributed by atoms with Crippen molar-refractivity contribution >= 4 is 31.4 Å². The molecule has 4 N–H and O–H groups in total. The molecule has 3 rings (SSSR count). The zero-order valence-corrected chi connectivity index (χ0v) is 16.0. The predicted octanol–water partition coefficient (Wildman–Crippen LogP) is 2.08. The summed E-state index contributed by atoms with van der Waals surface area (Å²) in [4.78, 5) is 3.94. The molecule has 0 radical (unpaired) electrons. The summed E-state index contributed by atoms with van der Waals surface area (Å²) in [5, 5.41) is 13.2. The second kappa shape index (κ2) is 6.56. The van der Waals surface area contributed by atoms with Crippen molar-refractivity contribution in [3.05, 3.63) is 52.9 Å². The first kappa shape index (κ1) is 18.7. The number of aryl methyl sites for hydroxylation is 1. The van der Waals surface area contributed by atoms with Gasteiger partial charge in [-0.1, -0.05) is 36.4 Å². The van der Waals surface area contributed by atoms with Crippen LogP contribution in [0.15, 0.2) is 57.6 Å². The maximum atomic E-state index is 12.4. The molecule has 0 bridgehead atoms. The van der Waals surface area contributed by atoms with E-state index in [4.69, 9.17) is 10.3 Å². The van der Waals surface area contributed by atoms with Gasteiger partial charge in [-0.05, 0) is 13.0 Å². The van der Waals surface area contributed by atoms with Crippen molar-refractivity contribution in [2.24, 2.45) is 10.3 Å². The largest absolute Gasteiger partial charge is 0.241 e. The molecule has 0 spiro atoms. The Morgan fingerprint density at radius 1 is 0.846 bits per heavy atom. The molecule has 0 aliphatic heterocycles. The lowest BCUT2D eigenvalue weighted by Crippen LogP contribution is -2.17. The summed E-state index contributed by atoms with van der Waals surface area (Å²) < 4.78 is 48.6. The van der Waals surface area contributed by atoms with Gasteiger partial charge < -0.3 is 0 Å². The number of hydrogen-bond donors (Lipinski definition) is 2. The molecule has 3 aromatic rings. The Bertz CT molecular complexity index is 1200. The van der Waals surface area contributed by atoms with Gasteiger partial charge in [0.05, 0.1) is 20.5 Å². The number of sulfonamides is 2. The molecule has 0 unspecified atom stereocenters. The molecule has 10 heteroatoms. The summed E-state index contributed by atoms with van der Waals surface area (Å²) in [7, 11) is -8.25. The minimum absolute atomic E-state index is 0.153. The summed E-state index contributed by atoms with van der Waals surface area (Å²) in [5.41, 5.74) is 1.07. The molecule has 0 saturated carbocycles. The molecule has 1 heterocycles. The summed E-state index contributed by atoms with van der Waals surface area (Å²) in [6, 6.07) is 10.6. The number of benzene rings is 2. The molecule has 136 valence electrons. The highest BCUT2D eigenvalue weighted by Crippen LogP contribution is 2.37. The molecule has 2 aromatic carbocycles. The van der Waals surface area contributed by atoms with Crippen molar-refractivity contribution in [2.75, 3.05) is 0 Å². The third kappa shape index (κ3) is 3.55. The molecule has 0 amide bonds. The van der Waals surface area contributed by atoms with E-state index in [1.54, 1.807) is 30.5 Å². The Morgan fingerprint density at radius 3 is 2.04 bits per heavy atom. The Hall–Kier alpha value is -2.11. The molecule has 0 fully saturated rings. The zero-order chi connectivity index (χ0) is 19.1. The summed E-state index contributed by atoms with van der Waals surface area (Å²) in [6.07, 6.45) is 0. The Morgan fingerprint density at radius 2 is 1.46 bits per heavy atom. The van der Waals surface area contributed by atoms with Gasteiger partial charge in [0, 0.05) is 22.1 Å². The van der Waals surface area contributed by atoms with E-state index in [0.29, 0.717) is 11.3 Å². The number of nitrogens with zero attached hydrogens (tertiary/aromatic N) is 1. The second-order valence-electron chi connectivity index (χ2n) is 5.52. The molecule has 0 aliphatic carbocycles. The maximum Gasteiger partial charge on any atom is 0.239 e. The number of thiazole rings is 1. The van der Waals surface area contributed by atoms with Crippen LogP contribution in [0, 0.1) is 6.92 Å². The average Bonchev–Trinajstić information content (AvgIpc) is 2.99. The first-order valence-corrected chi connectivity index (χ1v) is 11.3. The number of aromatic nitrogens is 1. The van der Waals surface area contributed by atoms with Crippen LogP contribution < -0.4 is 10.3 Å². The van der Waals surface area contributed by atoms with Crippen molar-refractivity contribution in [1.29, 1.82) is 0 Å². The van der Waals surface area contributed by atoms with E-state index in [0.717, 1.165) is 5.01 Å². The lowest BCUT2D eigenvalue weighted by molar-refractivity contribution is 0.595. The highest BCUT2D eigenvalue weighted by Gasteiger charge is 2.25. The van der Waals surface area contributed by atoms with Gasteiger partial charge in [-0.25, -0.2) is 32.1 Å². The first-order chi connectivity index (χ1) is 12.1. The van der Waals surface area contributed by atoms with Gasteiger partial charge in [-0.3, -0.25) is 0 Å². The van der Waals surface area contributed by atoms with Crippen LogP contribution >= 0.6 is 11.3 Å². The molecule has 0 aliphatic rings. The van der Waals surface area contributed by atoms with Gasteiger partial charge >= 0.3 is 0 Å². The van der Waals surface area contributed by atoms with Crippen LogP contribution in [-0.4, -0.2) is 21.8 Å². The Kier molecular flexibility index (Phi) is 4.71. The van der Waals surface area contributed by atoms with E-state index in [1.165, 1.54) is 35.6 Å². The molecular weight excluding hydrogens is 394 g/mol. The number of nitrogens with two attached hydrogens (primary N) is 2. The van der Waals surface area contributed by atoms with E-state index >= 15 is 0 Å². The highest BCUT2D eigenvalue weighted by atomic mass is 32.2. The van der Waals surface area contributed by atoms with E-state index in [-0.39, 0.29) is 20.9 Å². The molecule has 0 saturated heterocycles. The van der Waals surface area contributed by atoms with Crippen molar-refractivity contribution < 1.29 is 16.8 Å². The lowest BCUT2D eigenvalue weighted by atomic mass is 10.0. The molecule has 7 nitrogen and oxygen atoms in total. The van der Waals surface area contributed by atoms with Crippen LogP contribution in [0.2, 0.25) is 0 Å². The predicted molar refractivity (Wildman–Crippen MR) is 100 cm³/mol. The topological polar surface area (TPSA) is 133 Å².